The Morgan fingerprint density at radius 3 is 2.05 bits per heavy atom. The second-order valence-electron chi connectivity index (χ2n) is 5.08. The van der Waals surface area contributed by atoms with E-state index in [1.807, 2.05) is 24.3 Å². The van der Waals surface area contributed by atoms with Gasteiger partial charge in [0.05, 0.1) is 25.7 Å². The van der Waals surface area contributed by atoms with E-state index in [0.29, 0.717) is 12.8 Å². The number of fused-ring (bicyclic) bond motifs is 1. The van der Waals surface area contributed by atoms with E-state index in [0.717, 1.165) is 0 Å². The molecule has 0 aromatic heterocycles. The van der Waals surface area contributed by atoms with Crippen molar-refractivity contribution in [3.05, 3.63) is 67.1 Å². The second kappa shape index (κ2) is 5.81. The number of hydrogen-bond acceptors (Lipinski definition) is 1. The fraction of sp³-hybridized carbons (Fsp3) is 0.188. The zero-order valence-electron chi connectivity index (χ0n) is 10.8. The Labute approximate surface area is 142 Å². The Morgan fingerprint density at radius 2 is 1.48 bits per heavy atom. The van der Waals surface area contributed by atoms with Crippen LogP contribution in [0.4, 0.5) is 0 Å². The van der Waals surface area contributed by atoms with E-state index in [1.165, 1.54) is 17.2 Å². The first-order valence-electron chi connectivity index (χ1n) is 6.43. The lowest BCUT2D eigenvalue weighted by molar-refractivity contribution is 0.0925. The van der Waals surface area contributed by atoms with E-state index >= 15 is 0 Å². The van der Waals surface area contributed by atoms with Gasteiger partial charge in [0.15, 0.2) is 5.78 Å². The highest BCUT2D eigenvalue weighted by Gasteiger charge is 2.31. The topological polar surface area (TPSA) is 17.1 Å². The van der Waals surface area contributed by atoms with Crippen LogP contribution >= 0.6 is 46.4 Å². The van der Waals surface area contributed by atoms with Gasteiger partial charge in [0.2, 0.25) is 0 Å². The van der Waals surface area contributed by atoms with E-state index in [9.17, 15) is 4.79 Å². The Kier molecular flexibility index (Phi) is 4.20. The van der Waals surface area contributed by atoms with Crippen molar-refractivity contribution < 1.29 is 4.79 Å². The average Bonchev–Trinajstić information content (AvgIpc) is 2.88. The molecule has 3 rings (SSSR count). The van der Waals surface area contributed by atoms with Gasteiger partial charge in [-0.3, -0.25) is 4.79 Å². The highest BCUT2D eigenvalue weighted by atomic mass is 35.5. The Bertz CT molecular complexity index is 714. The first-order chi connectivity index (χ1) is 9.99. The minimum absolute atomic E-state index is 0.0835. The molecule has 0 fully saturated rings. The molecule has 0 amide bonds. The molecule has 0 heterocycles. The summed E-state index contributed by atoms with van der Waals surface area (Å²) in [6, 6.07) is 9.50. The molecule has 0 N–H and O–H groups in total. The number of carbonyl (C=O) groups is 1. The summed E-state index contributed by atoms with van der Waals surface area (Å²) in [4.78, 5) is 12.8. The Morgan fingerprint density at radius 1 is 0.905 bits per heavy atom. The third-order valence-electron chi connectivity index (χ3n) is 3.78. The number of benzene rings is 2. The van der Waals surface area contributed by atoms with Gasteiger partial charge in [-0.15, -0.1) is 0 Å². The highest BCUT2D eigenvalue weighted by Crippen LogP contribution is 2.40. The predicted molar refractivity (Wildman–Crippen MR) is 88.2 cm³/mol. The molecule has 0 unspecified atom stereocenters. The van der Waals surface area contributed by atoms with Crippen molar-refractivity contribution in [3.8, 4) is 0 Å². The monoisotopic (exact) mass is 358 g/mol. The largest absolute Gasteiger partial charge is 0.294 e. The molecule has 0 radical (unpaired) electrons. The lowest BCUT2D eigenvalue weighted by atomic mass is 9.95. The third kappa shape index (κ3) is 2.68. The molecule has 1 aliphatic carbocycles. The molecule has 5 heteroatoms. The molecule has 0 saturated carbocycles. The van der Waals surface area contributed by atoms with Crippen molar-refractivity contribution in [2.24, 2.45) is 5.92 Å². The average molecular weight is 360 g/mol. The number of halogens is 4. The van der Waals surface area contributed by atoms with Gasteiger partial charge in [-0.1, -0.05) is 70.7 Å². The maximum Gasteiger partial charge on any atom is 0.169 e. The molecule has 1 nitrogen and oxygen atoms in total. The SMILES string of the molecule is O=C(c1c(Cl)cc(Cl)c(Cl)c1Cl)C1Cc2ccccc2C1. The molecule has 0 bridgehead atoms. The fourth-order valence-corrected chi connectivity index (χ4v) is 3.84. The lowest BCUT2D eigenvalue weighted by Crippen LogP contribution is -2.16. The van der Waals surface area contributed by atoms with Crippen molar-refractivity contribution in [1.29, 1.82) is 0 Å². The zero-order valence-corrected chi connectivity index (χ0v) is 13.8. The predicted octanol–water partition coefficient (Wildman–Crippen LogP) is 5.90. The standard InChI is InChI=1S/C16H10Cl4O/c17-11-7-12(18)14(19)15(20)13(11)16(21)10-5-8-3-1-2-4-9(8)6-10/h1-4,7,10H,5-6H2. The highest BCUT2D eigenvalue weighted by molar-refractivity contribution is 6.51. The molecule has 0 saturated heterocycles. The van der Waals surface area contributed by atoms with Gasteiger partial charge in [0.1, 0.15) is 0 Å². The molecule has 108 valence electrons. The van der Waals surface area contributed by atoms with E-state index in [2.05, 4.69) is 0 Å². The number of ketones is 1. The number of hydrogen-bond donors (Lipinski definition) is 0. The van der Waals surface area contributed by atoms with Crippen LogP contribution in [0.2, 0.25) is 20.1 Å². The third-order valence-corrected chi connectivity index (χ3v) is 5.34. The number of carbonyl (C=O) groups excluding carboxylic acids is 1. The quantitative estimate of drug-likeness (QED) is 0.370. The van der Waals surface area contributed by atoms with Gasteiger partial charge in [-0.2, -0.15) is 0 Å². The summed E-state index contributed by atoms with van der Waals surface area (Å²) < 4.78 is 0. The molecule has 21 heavy (non-hydrogen) atoms. The molecule has 1 aliphatic rings. The minimum Gasteiger partial charge on any atom is -0.294 e. The summed E-state index contributed by atoms with van der Waals surface area (Å²) >= 11 is 24.2. The summed E-state index contributed by atoms with van der Waals surface area (Å²) in [5.41, 5.74) is 2.66. The fourth-order valence-electron chi connectivity index (χ4n) is 2.74. The molecular formula is C16H10Cl4O. The molecule has 2 aromatic rings. The normalized spacial score (nSPS) is 14.3. The first-order valence-corrected chi connectivity index (χ1v) is 7.94. The summed E-state index contributed by atoms with van der Waals surface area (Å²) in [7, 11) is 0. The molecule has 0 spiro atoms. The van der Waals surface area contributed by atoms with E-state index in [4.69, 9.17) is 46.4 Å². The van der Waals surface area contributed by atoms with Crippen LogP contribution in [0, 0.1) is 5.92 Å². The summed E-state index contributed by atoms with van der Waals surface area (Å²) in [5.74, 6) is -0.241. The van der Waals surface area contributed by atoms with Gasteiger partial charge >= 0.3 is 0 Å². The van der Waals surface area contributed by atoms with Gasteiger partial charge < -0.3 is 0 Å². The maximum atomic E-state index is 12.8. The van der Waals surface area contributed by atoms with Crippen molar-refractivity contribution in [2.45, 2.75) is 12.8 Å². The lowest BCUT2D eigenvalue weighted by Gasteiger charge is -2.13. The zero-order chi connectivity index (χ0) is 15.1. The van der Waals surface area contributed by atoms with E-state index in [1.54, 1.807) is 0 Å². The van der Waals surface area contributed by atoms with Crippen LogP contribution in [0.25, 0.3) is 0 Å². The van der Waals surface area contributed by atoms with Crippen LogP contribution in [0.3, 0.4) is 0 Å². The maximum absolute atomic E-state index is 12.8. The van der Waals surface area contributed by atoms with Crippen molar-refractivity contribution in [3.63, 3.8) is 0 Å². The number of rotatable bonds is 2. The van der Waals surface area contributed by atoms with Gasteiger partial charge in [-0.25, -0.2) is 0 Å². The van der Waals surface area contributed by atoms with E-state index in [-0.39, 0.29) is 37.4 Å². The second-order valence-corrected chi connectivity index (χ2v) is 6.65. The summed E-state index contributed by atoms with van der Waals surface area (Å²) in [6.45, 7) is 0. The minimum atomic E-state index is -0.158. The van der Waals surface area contributed by atoms with Gasteiger partial charge in [-0.05, 0) is 30.0 Å². The Balaban J connectivity index is 1.97. The van der Waals surface area contributed by atoms with Gasteiger partial charge in [0, 0.05) is 5.92 Å². The van der Waals surface area contributed by atoms with Crippen molar-refractivity contribution in [1.82, 2.24) is 0 Å². The Hall–Kier alpha value is -0.730. The van der Waals surface area contributed by atoms with Crippen LogP contribution in [-0.4, -0.2) is 5.78 Å². The van der Waals surface area contributed by atoms with Crippen LogP contribution in [0.5, 0.6) is 0 Å². The molecule has 2 aromatic carbocycles. The first kappa shape index (κ1) is 15.2. The van der Waals surface area contributed by atoms with Crippen LogP contribution in [0.15, 0.2) is 30.3 Å². The molecular weight excluding hydrogens is 350 g/mol. The summed E-state index contributed by atoms with van der Waals surface area (Å²) in [5, 5.41) is 0.796. The van der Waals surface area contributed by atoms with Crippen molar-refractivity contribution >= 4 is 52.2 Å². The smallest absolute Gasteiger partial charge is 0.169 e. The van der Waals surface area contributed by atoms with Crippen LogP contribution < -0.4 is 0 Å². The van der Waals surface area contributed by atoms with Gasteiger partial charge in [0.25, 0.3) is 0 Å². The van der Waals surface area contributed by atoms with E-state index < -0.39 is 0 Å². The number of Topliss-reactive ketones (excluding diaryl/α,β-unsaturated/α-hetero) is 1. The summed E-state index contributed by atoms with van der Waals surface area (Å²) in [6.07, 6.45) is 1.39. The van der Waals surface area contributed by atoms with Crippen LogP contribution in [-0.2, 0) is 12.8 Å². The van der Waals surface area contributed by atoms with Crippen molar-refractivity contribution in [2.75, 3.05) is 0 Å². The van der Waals surface area contributed by atoms with Crippen LogP contribution in [0.1, 0.15) is 21.5 Å². The molecule has 0 aliphatic heterocycles. The molecule has 0 atom stereocenters.